The first-order chi connectivity index (χ1) is 13.3. The Labute approximate surface area is 159 Å². The lowest BCUT2D eigenvalue weighted by Crippen LogP contribution is -2.45. The smallest absolute Gasteiger partial charge is 0.317 e. The molecule has 0 radical (unpaired) electrons. The molecule has 2 amide bonds. The number of nitrogens with zero attached hydrogens (tertiary/aromatic N) is 6. The predicted molar refractivity (Wildman–Crippen MR) is 100.0 cm³/mol. The molecular formula is C19H27N7O. The zero-order valence-corrected chi connectivity index (χ0v) is 15.6. The van der Waals surface area contributed by atoms with E-state index in [1.165, 1.54) is 32.1 Å². The number of likely N-dealkylation sites (tertiary alicyclic amines) is 1. The first-order valence-electron chi connectivity index (χ1n) is 9.98. The molecule has 0 bridgehead atoms. The molecule has 1 aliphatic carbocycles. The molecule has 0 spiro atoms. The van der Waals surface area contributed by atoms with Gasteiger partial charge in [-0.05, 0) is 31.7 Å². The van der Waals surface area contributed by atoms with Crippen LogP contribution in [0.2, 0.25) is 0 Å². The minimum absolute atomic E-state index is 0.0352. The highest BCUT2D eigenvalue weighted by Gasteiger charge is 2.26. The third-order valence-corrected chi connectivity index (χ3v) is 5.74. The Morgan fingerprint density at radius 2 is 2.07 bits per heavy atom. The monoisotopic (exact) mass is 369 g/mol. The van der Waals surface area contributed by atoms with Crippen molar-refractivity contribution in [3.63, 3.8) is 0 Å². The largest absolute Gasteiger partial charge is 0.331 e. The van der Waals surface area contributed by atoms with E-state index in [2.05, 4.69) is 30.0 Å². The van der Waals surface area contributed by atoms with Gasteiger partial charge in [0.1, 0.15) is 12.7 Å². The van der Waals surface area contributed by atoms with Crippen molar-refractivity contribution >= 4 is 6.03 Å². The molecule has 2 aliphatic rings. The number of urea groups is 1. The maximum Gasteiger partial charge on any atom is 0.317 e. The fourth-order valence-corrected chi connectivity index (χ4v) is 4.27. The van der Waals surface area contributed by atoms with Crippen LogP contribution < -0.4 is 5.32 Å². The van der Waals surface area contributed by atoms with Crippen molar-refractivity contribution in [3.8, 4) is 0 Å². The van der Waals surface area contributed by atoms with E-state index in [1.807, 2.05) is 17.3 Å². The Kier molecular flexibility index (Phi) is 5.60. The molecule has 2 aromatic heterocycles. The van der Waals surface area contributed by atoms with Crippen LogP contribution in [0.4, 0.5) is 4.79 Å². The first-order valence-corrected chi connectivity index (χ1v) is 9.98. The third kappa shape index (κ3) is 4.26. The van der Waals surface area contributed by atoms with Gasteiger partial charge in [-0.15, -0.1) is 10.2 Å². The lowest BCUT2D eigenvalue weighted by Gasteiger charge is -2.32. The normalized spacial score (nSPS) is 21.2. The fourth-order valence-electron chi connectivity index (χ4n) is 4.27. The van der Waals surface area contributed by atoms with E-state index >= 15 is 0 Å². The molecule has 3 heterocycles. The quantitative estimate of drug-likeness (QED) is 0.895. The molecule has 2 aromatic rings. The van der Waals surface area contributed by atoms with E-state index in [4.69, 9.17) is 0 Å². The molecule has 2 fully saturated rings. The van der Waals surface area contributed by atoms with Crippen molar-refractivity contribution in [1.29, 1.82) is 0 Å². The predicted octanol–water partition coefficient (Wildman–Crippen LogP) is 2.66. The zero-order valence-electron chi connectivity index (χ0n) is 15.6. The van der Waals surface area contributed by atoms with Gasteiger partial charge in [-0.1, -0.05) is 19.3 Å². The van der Waals surface area contributed by atoms with Gasteiger partial charge in [-0.2, -0.15) is 0 Å². The van der Waals surface area contributed by atoms with E-state index in [1.54, 1.807) is 12.5 Å². The van der Waals surface area contributed by atoms with Gasteiger partial charge >= 0.3 is 6.03 Å². The van der Waals surface area contributed by atoms with Gasteiger partial charge in [-0.3, -0.25) is 0 Å². The second-order valence-corrected chi connectivity index (χ2v) is 7.52. The zero-order chi connectivity index (χ0) is 18.5. The summed E-state index contributed by atoms with van der Waals surface area (Å²) in [5.41, 5.74) is 1.01. The lowest BCUT2D eigenvalue weighted by atomic mass is 9.95. The molecule has 1 saturated heterocycles. The second-order valence-electron chi connectivity index (χ2n) is 7.52. The fraction of sp³-hybridized carbons (Fsp3) is 0.632. The highest BCUT2D eigenvalue weighted by atomic mass is 16.2. The molecule has 0 unspecified atom stereocenters. The van der Waals surface area contributed by atoms with Gasteiger partial charge in [0.2, 0.25) is 0 Å². The van der Waals surface area contributed by atoms with Crippen LogP contribution in [0.3, 0.4) is 0 Å². The summed E-state index contributed by atoms with van der Waals surface area (Å²) in [5.74, 6) is 1.12. The molecule has 27 heavy (non-hydrogen) atoms. The van der Waals surface area contributed by atoms with Crippen LogP contribution >= 0.6 is 0 Å². The summed E-state index contributed by atoms with van der Waals surface area (Å²) < 4.78 is 2.15. The van der Waals surface area contributed by atoms with Crippen molar-refractivity contribution in [2.24, 2.45) is 0 Å². The number of hydrogen-bond acceptors (Lipinski definition) is 5. The minimum atomic E-state index is -0.0352. The van der Waals surface area contributed by atoms with Crippen LogP contribution in [0.1, 0.15) is 68.4 Å². The Balaban J connectivity index is 1.34. The number of amides is 2. The Hall–Kier alpha value is -2.51. The molecule has 1 aliphatic heterocycles. The van der Waals surface area contributed by atoms with Gasteiger partial charge in [0, 0.05) is 36.9 Å². The SMILES string of the molecule is O=C(NCc1nncn1C1CCCCC1)N1CCC[C@H](c2ccncn2)C1. The Bertz CT molecular complexity index is 742. The average molecular weight is 369 g/mol. The molecule has 8 heteroatoms. The highest BCUT2D eigenvalue weighted by molar-refractivity contribution is 5.74. The second kappa shape index (κ2) is 8.45. The maximum atomic E-state index is 12.7. The highest BCUT2D eigenvalue weighted by Crippen LogP contribution is 2.28. The lowest BCUT2D eigenvalue weighted by molar-refractivity contribution is 0.178. The van der Waals surface area contributed by atoms with Gasteiger partial charge in [-0.25, -0.2) is 14.8 Å². The van der Waals surface area contributed by atoms with Crippen LogP contribution in [0.25, 0.3) is 0 Å². The van der Waals surface area contributed by atoms with E-state index in [9.17, 15) is 4.79 Å². The van der Waals surface area contributed by atoms with Gasteiger partial charge in [0.05, 0.1) is 6.54 Å². The maximum absolute atomic E-state index is 12.7. The summed E-state index contributed by atoms with van der Waals surface area (Å²) in [6.07, 6.45) is 13.4. The molecule has 1 N–H and O–H groups in total. The number of nitrogens with one attached hydrogen (secondary N) is 1. The molecule has 4 rings (SSSR count). The van der Waals surface area contributed by atoms with Crippen LogP contribution in [0.15, 0.2) is 24.9 Å². The van der Waals surface area contributed by atoms with E-state index in [-0.39, 0.29) is 11.9 Å². The van der Waals surface area contributed by atoms with E-state index in [0.29, 0.717) is 19.1 Å². The Morgan fingerprint density at radius 3 is 2.89 bits per heavy atom. The van der Waals surface area contributed by atoms with E-state index in [0.717, 1.165) is 30.9 Å². The summed E-state index contributed by atoms with van der Waals surface area (Å²) in [5, 5.41) is 11.3. The minimum Gasteiger partial charge on any atom is -0.331 e. The van der Waals surface area contributed by atoms with Gasteiger partial charge < -0.3 is 14.8 Å². The topological polar surface area (TPSA) is 88.8 Å². The number of hydrogen-bond donors (Lipinski definition) is 1. The van der Waals surface area contributed by atoms with Crippen molar-refractivity contribution in [3.05, 3.63) is 36.4 Å². The summed E-state index contributed by atoms with van der Waals surface area (Å²) in [6.45, 7) is 1.89. The van der Waals surface area contributed by atoms with Crippen molar-refractivity contribution < 1.29 is 4.79 Å². The van der Waals surface area contributed by atoms with Gasteiger partial charge in [0.15, 0.2) is 5.82 Å². The molecule has 0 aromatic carbocycles. The molecule has 1 atom stereocenters. The number of carbonyl (C=O) groups excluding carboxylic acids is 1. The third-order valence-electron chi connectivity index (χ3n) is 5.74. The van der Waals surface area contributed by atoms with E-state index < -0.39 is 0 Å². The average Bonchev–Trinajstić information content (AvgIpc) is 3.22. The summed E-state index contributed by atoms with van der Waals surface area (Å²) in [7, 11) is 0. The van der Waals surface area contributed by atoms with Crippen LogP contribution in [0.5, 0.6) is 0 Å². The number of aromatic nitrogens is 5. The van der Waals surface area contributed by atoms with Gasteiger partial charge in [0.25, 0.3) is 0 Å². The molecule has 1 saturated carbocycles. The summed E-state index contributed by atoms with van der Waals surface area (Å²) in [4.78, 5) is 22.9. The summed E-state index contributed by atoms with van der Waals surface area (Å²) >= 11 is 0. The van der Waals surface area contributed by atoms with Crippen molar-refractivity contribution in [1.82, 2.24) is 34.9 Å². The standard InChI is InChI=1S/C19H27N7O/c27-19(25-10-4-5-15(12-25)17-8-9-20-13-22-17)21-11-18-24-23-14-26(18)16-6-2-1-3-7-16/h8-9,13-16H,1-7,10-12H2,(H,21,27)/t15-/m0/s1. The molecule has 8 nitrogen and oxygen atoms in total. The van der Waals surface area contributed by atoms with Crippen molar-refractivity contribution in [2.75, 3.05) is 13.1 Å². The van der Waals surface area contributed by atoms with Crippen LogP contribution in [0, 0.1) is 0 Å². The Morgan fingerprint density at radius 1 is 1.19 bits per heavy atom. The molecule has 144 valence electrons. The molecular weight excluding hydrogens is 342 g/mol. The van der Waals surface area contributed by atoms with Crippen LogP contribution in [-0.4, -0.2) is 48.8 Å². The van der Waals surface area contributed by atoms with Crippen molar-refractivity contribution in [2.45, 2.75) is 63.5 Å². The number of rotatable bonds is 4. The number of carbonyl (C=O) groups is 1. The summed E-state index contributed by atoms with van der Waals surface area (Å²) in [6, 6.07) is 2.38. The number of piperidine rings is 1. The van der Waals surface area contributed by atoms with Crippen LogP contribution in [-0.2, 0) is 6.54 Å². The first kappa shape index (κ1) is 17.9.